The lowest BCUT2D eigenvalue weighted by Gasteiger charge is -2.34. The van der Waals surface area contributed by atoms with Crippen molar-refractivity contribution in [3.63, 3.8) is 0 Å². The molecule has 2 unspecified atom stereocenters. The first kappa shape index (κ1) is 16.0. The molecule has 1 saturated heterocycles. The van der Waals surface area contributed by atoms with Crippen molar-refractivity contribution in [2.24, 2.45) is 5.92 Å². The van der Waals surface area contributed by atoms with E-state index in [9.17, 15) is 0 Å². The van der Waals surface area contributed by atoms with E-state index in [4.69, 9.17) is 0 Å². The van der Waals surface area contributed by atoms with E-state index in [1.165, 1.54) is 71.1 Å². The van der Waals surface area contributed by atoms with Crippen LogP contribution in [0.25, 0.3) is 0 Å². The first-order valence-corrected chi connectivity index (χ1v) is 8.25. The molecule has 0 saturated carbocycles. The zero-order valence-electron chi connectivity index (χ0n) is 12.9. The molecule has 2 atom stereocenters. The van der Waals surface area contributed by atoms with Crippen LogP contribution in [0, 0.1) is 5.92 Å². The summed E-state index contributed by atoms with van der Waals surface area (Å²) in [6, 6.07) is 0.748. The van der Waals surface area contributed by atoms with Gasteiger partial charge in [-0.15, -0.1) is 0 Å². The van der Waals surface area contributed by atoms with Gasteiger partial charge in [0.05, 0.1) is 0 Å². The maximum absolute atomic E-state index is 3.73. The Balaban J connectivity index is 2.32. The zero-order valence-corrected chi connectivity index (χ0v) is 12.9. The van der Waals surface area contributed by atoms with Gasteiger partial charge < -0.3 is 10.2 Å². The molecule has 0 bridgehead atoms. The number of hydrogen-bond acceptors (Lipinski definition) is 2. The van der Waals surface area contributed by atoms with E-state index < -0.39 is 0 Å². The molecular weight excluding hydrogens is 220 g/mol. The largest absolute Gasteiger partial charge is 0.313 e. The van der Waals surface area contributed by atoms with E-state index in [1.54, 1.807) is 0 Å². The molecule has 0 aliphatic carbocycles. The Bertz CT molecular complexity index is 186. The van der Waals surface area contributed by atoms with E-state index in [0.29, 0.717) is 0 Å². The maximum Gasteiger partial charge on any atom is 0.0197 e. The number of rotatable bonds is 9. The van der Waals surface area contributed by atoms with Gasteiger partial charge in [-0.2, -0.15) is 0 Å². The molecule has 1 aliphatic rings. The fraction of sp³-hybridized carbons (Fsp3) is 1.00. The lowest BCUT2D eigenvalue weighted by atomic mass is 9.90. The average molecular weight is 254 g/mol. The summed E-state index contributed by atoms with van der Waals surface area (Å²) in [6.45, 7) is 12.0. The van der Waals surface area contributed by atoms with Crippen LogP contribution in [0.3, 0.4) is 0 Å². The molecule has 18 heavy (non-hydrogen) atoms. The molecule has 1 fully saturated rings. The minimum atomic E-state index is 0.748. The first-order valence-electron chi connectivity index (χ1n) is 8.25. The maximum atomic E-state index is 3.73. The molecule has 1 rings (SSSR count). The Labute approximate surface area is 115 Å². The summed E-state index contributed by atoms with van der Waals surface area (Å²) in [6.07, 6.45) is 9.49. The fourth-order valence-electron chi connectivity index (χ4n) is 2.97. The fourth-order valence-corrected chi connectivity index (χ4v) is 2.97. The topological polar surface area (TPSA) is 15.3 Å². The summed E-state index contributed by atoms with van der Waals surface area (Å²) in [7, 11) is 0. The standard InChI is InChI=1S/C16H34N2/c1-4-7-11-18(12-8-5-2)14-16-13-15(6-3)9-10-17-16/h15-17H,4-14H2,1-3H3. The van der Waals surface area contributed by atoms with Gasteiger partial charge in [0.15, 0.2) is 0 Å². The molecule has 0 aromatic heterocycles. The van der Waals surface area contributed by atoms with Crippen LogP contribution in [-0.2, 0) is 0 Å². The lowest BCUT2D eigenvalue weighted by molar-refractivity contribution is 0.195. The highest BCUT2D eigenvalue weighted by Crippen LogP contribution is 2.20. The highest BCUT2D eigenvalue weighted by atomic mass is 15.1. The summed E-state index contributed by atoms with van der Waals surface area (Å²) in [5.41, 5.74) is 0. The number of unbranched alkanes of at least 4 members (excludes halogenated alkanes) is 2. The Hall–Kier alpha value is -0.0800. The summed E-state index contributed by atoms with van der Waals surface area (Å²) < 4.78 is 0. The highest BCUT2D eigenvalue weighted by molar-refractivity contribution is 4.80. The second kappa shape index (κ2) is 9.80. The lowest BCUT2D eigenvalue weighted by Crippen LogP contribution is -2.46. The molecule has 2 nitrogen and oxygen atoms in total. The van der Waals surface area contributed by atoms with Gasteiger partial charge in [0, 0.05) is 12.6 Å². The van der Waals surface area contributed by atoms with Crippen molar-refractivity contribution >= 4 is 0 Å². The molecule has 1 N–H and O–H groups in total. The van der Waals surface area contributed by atoms with Gasteiger partial charge in [0.1, 0.15) is 0 Å². The third-order valence-electron chi connectivity index (χ3n) is 4.32. The van der Waals surface area contributed by atoms with Crippen molar-refractivity contribution in [2.75, 3.05) is 26.2 Å². The second-order valence-corrected chi connectivity index (χ2v) is 5.96. The van der Waals surface area contributed by atoms with Gasteiger partial charge >= 0.3 is 0 Å². The molecule has 0 amide bonds. The van der Waals surface area contributed by atoms with Crippen LogP contribution in [0.2, 0.25) is 0 Å². The smallest absolute Gasteiger partial charge is 0.0197 e. The van der Waals surface area contributed by atoms with Crippen LogP contribution in [0.1, 0.15) is 65.7 Å². The van der Waals surface area contributed by atoms with Crippen LogP contribution in [-0.4, -0.2) is 37.1 Å². The third-order valence-corrected chi connectivity index (χ3v) is 4.32. The quantitative estimate of drug-likeness (QED) is 0.675. The summed E-state index contributed by atoms with van der Waals surface area (Å²) in [4.78, 5) is 2.70. The molecule has 108 valence electrons. The minimum absolute atomic E-state index is 0.748. The molecule has 2 heteroatoms. The van der Waals surface area contributed by atoms with Crippen molar-refractivity contribution in [2.45, 2.75) is 71.8 Å². The summed E-state index contributed by atoms with van der Waals surface area (Å²) in [5, 5.41) is 3.73. The predicted octanol–water partition coefficient (Wildman–Crippen LogP) is 3.67. The molecule has 1 heterocycles. The van der Waals surface area contributed by atoms with Crippen molar-refractivity contribution in [1.82, 2.24) is 10.2 Å². The van der Waals surface area contributed by atoms with Crippen LogP contribution < -0.4 is 5.32 Å². The number of nitrogens with one attached hydrogen (secondary N) is 1. The van der Waals surface area contributed by atoms with Crippen LogP contribution >= 0.6 is 0 Å². The Morgan fingerprint density at radius 2 is 1.72 bits per heavy atom. The molecular formula is C16H34N2. The van der Waals surface area contributed by atoms with E-state index in [0.717, 1.165) is 12.0 Å². The van der Waals surface area contributed by atoms with Crippen molar-refractivity contribution in [1.29, 1.82) is 0 Å². The van der Waals surface area contributed by atoms with E-state index >= 15 is 0 Å². The van der Waals surface area contributed by atoms with Crippen LogP contribution in [0.5, 0.6) is 0 Å². The highest BCUT2D eigenvalue weighted by Gasteiger charge is 2.21. The second-order valence-electron chi connectivity index (χ2n) is 5.96. The van der Waals surface area contributed by atoms with Gasteiger partial charge in [0.25, 0.3) is 0 Å². The van der Waals surface area contributed by atoms with E-state index in [1.807, 2.05) is 0 Å². The summed E-state index contributed by atoms with van der Waals surface area (Å²) in [5.74, 6) is 0.968. The number of nitrogens with zero attached hydrogens (tertiary/aromatic N) is 1. The van der Waals surface area contributed by atoms with Crippen LogP contribution in [0.15, 0.2) is 0 Å². The normalized spacial score (nSPS) is 24.7. The molecule has 0 spiro atoms. The average Bonchev–Trinajstić information content (AvgIpc) is 2.42. The molecule has 0 aromatic rings. The Morgan fingerprint density at radius 3 is 2.28 bits per heavy atom. The monoisotopic (exact) mass is 254 g/mol. The van der Waals surface area contributed by atoms with Gasteiger partial charge in [-0.05, 0) is 51.2 Å². The number of piperidine rings is 1. The van der Waals surface area contributed by atoms with Crippen molar-refractivity contribution in [3.8, 4) is 0 Å². The Kier molecular flexibility index (Phi) is 8.70. The first-order chi connectivity index (χ1) is 8.80. The minimum Gasteiger partial charge on any atom is -0.313 e. The predicted molar refractivity (Wildman–Crippen MR) is 81.1 cm³/mol. The van der Waals surface area contributed by atoms with Crippen LogP contribution in [0.4, 0.5) is 0 Å². The van der Waals surface area contributed by atoms with Gasteiger partial charge in [-0.25, -0.2) is 0 Å². The van der Waals surface area contributed by atoms with Gasteiger partial charge in [-0.1, -0.05) is 40.0 Å². The third kappa shape index (κ3) is 6.19. The Morgan fingerprint density at radius 1 is 1.06 bits per heavy atom. The van der Waals surface area contributed by atoms with E-state index in [-0.39, 0.29) is 0 Å². The zero-order chi connectivity index (χ0) is 13.2. The van der Waals surface area contributed by atoms with Gasteiger partial charge in [-0.3, -0.25) is 0 Å². The molecule has 1 aliphatic heterocycles. The van der Waals surface area contributed by atoms with E-state index in [2.05, 4.69) is 31.0 Å². The molecule has 0 radical (unpaired) electrons. The van der Waals surface area contributed by atoms with Crippen molar-refractivity contribution < 1.29 is 0 Å². The SMILES string of the molecule is CCCCN(CCCC)CC1CC(CC)CCN1. The van der Waals surface area contributed by atoms with Gasteiger partial charge in [0.2, 0.25) is 0 Å². The number of hydrogen-bond donors (Lipinski definition) is 1. The summed E-state index contributed by atoms with van der Waals surface area (Å²) >= 11 is 0. The van der Waals surface area contributed by atoms with Crippen molar-refractivity contribution in [3.05, 3.63) is 0 Å². The molecule has 0 aromatic carbocycles.